The molecule has 1 N–H and O–H groups in total. The first-order valence-corrected chi connectivity index (χ1v) is 11.8. The second-order valence-electron chi connectivity index (χ2n) is 6.22. The number of aryl methyl sites for hydroxylation is 1. The fourth-order valence-electron chi connectivity index (χ4n) is 2.89. The molecule has 0 bridgehead atoms. The molecule has 0 amide bonds. The van der Waals surface area contributed by atoms with Crippen LogP contribution in [0.3, 0.4) is 0 Å². The van der Waals surface area contributed by atoms with E-state index in [2.05, 4.69) is 10.2 Å². The Morgan fingerprint density at radius 1 is 1.17 bits per heavy atom. The third kappa shape index (κ3) is 4.73. The van der Waals surface area contributed by atoms with E-state index >= 15 is 0 Å². The zero-order valence-electron chi connectivity index (χ0n) is 17.2. The lowest BCUT2D eigenvalue weighted by Gasteiger charge is -2.14. The molecule has 0 aliphatic heterocycles. The van der Waals surface area contributed by atoms with Gasteiger partial charge in [-0.25, -0.2) is 23.1 Å². The summed E-state index contributed by atoms with van der Waals surface area (Å²) >= 11 is 0.928. The van der Waals surface area contributed by atoms with E-state index in [9.17, 15) is 22.8 Å². The van der Waals surface area contributed by atoms with Gasteiger partial charge in [-0.1, -0.05) is 13.8 Å². The first-order valence-electron chi connectivity index (χ1n) is 8.95. The predicted molar refractivity (Wildman–Crippen MR) is 111 cm³/mol. The molecular formula is C19H22N2O7S2. The molecule has 1 aromatic carbocycles. The fraction of sp³-hybridized carbons (Fsp3) is 0.368. The number of rotatable bonds is 7. The molecule has 0 fully saturated rings. The lowest BCUT2D eigenvalue weighted by Crippen LogP contribution is -2.16. The Kier molecular flexibility index (Phi) is 7.43. The van der Waals surface area contributed by atoms with Crippen molar-refractivity contribution in [2.75, 3.05) is 19.1 Å². The molecule has 0 aliphatic rings. The number of thioether (sulfide) groups is 1. The second kappa shape index (κ2) is 9.43. The highest BCUT2D eigenvalue weighted by atomic mass is 32.2. The summed E-state index contributed by atoms with van der Waals surface area (Å²) in [6.45, 7) is 5.01. The lowest BCUT2D eigenvalue weighted by molar-refractivity contribution is 0.0595. The maximum absolute atomic E-state index is 13.3. The molecule has 0 saturated carbocycles. The number of H-pyrrole nitrogens is 1. The Balaban J connectivity index is 2.66. The van der Waals surface area contributed by atoms with Crippen LogP contribution >= 0.6 is 11.8 Å². The topological polar surface area (TPSA) is 132 Å². The molecule has 2 aromatic rings. The van der Waals surface area contributed by atoms with Crippen LogP contribution in [0.5, 0.6) is 5.88 Å². The molecule has 162 valence electrons. The number of nitrogens with zero attached hydrogens (tertiary/aromatic N) is 1. The molecule has 30 heavy (non-hydrogen) atoms. The molecule has 0 radical (unpaired) electrons. The van der Waals surface area contributed by atoms with Crippen LogP contribution in [0, 0.1) is 6.92 Å². The number of aromatic nitrogens is 2. The Bertz CT molecular complexity index is 1100. The number of carbonyl (C=O) groups is 3. The zero-order valence-corrected chi connectivity index (χ0v) is 18.8. The highest BCUT2D eigenvalue weighted by Gasteiger charge is 2.29. The van der Waals surface area contributed by atoms with Crippen molar-refractivity contribution in [1.82, 2.24) is 10.2 Å². The smallest absolute Gasteiger partial charge is 0.374 e. The molecule has 0 aliphatic carbocycles. The van der Waals surface area contributed by atoms with Gasteiger partial charge in [0.1, 0.15) is 5.56 Å². The maximum Gasteiger partial charge on any atom is 0.374 e. The third-order valence-electron chi connectivity index (χ3n) is 4.28. The Morgan fingerprint density at radius 3 is 2.37 bits per heavy atom. The number of nitrogens with one attached hydrogen (secondary N) is 1. The molecule has 2 rings (SSSR count). The van der Waals surface area contributed by atoms with Gasteiger partial charge in [0, 0.05) is 17.6 Å². The van der Waals surface area contributed by atoms with Crippen LogP contribution in [0.4, 0.5) is 4.79 Å². The van der Waals surface area contributed by atoms with Gasteiger partial charge in [0.2, 0.25) is 11.7 Å². The Labute approximate surface area is 178 Å². The van der Waals surface area contributed by atoms with E-state index in [0.29, 0.717) is 17.9 Å². The molecule has 1 heterocycles. The molecule has 1 aromatic heterocycles. The Hall–Kier alpha value is -2.66. The van der Waals surface area contributed by atoms with Crippen molar-refractivity contribution < 1.29 is 32.3 Å². The number of carbonyl (C=O) groups excluding carboxylic acids is 3. The summed E-state index contributed by atoms with van der Waals surface area (Å²) in [5, 5.41) is 5.99. The van der Waals surface area contributed by atoms with E-state index in [1.165, 1.54) is 19.1 Å². The number of hydrogen-bond donors (Lipinski definition) is 1. The lowest BCUT2D eigenvalue weighted by atomic mass is 9.95. The van der Waals surface area contributed by atoms with Gasteiger partial charge in [-0.05, 0) is 42.8 Å². The summed E-state index contributed by atoms with van der Waals surface area (Å²) in [6, 6.07) is 2.51. The first kappa shape index (κ1) is 23.6. The number of aromatic amines is 1. The summed E-state index contributed by atoms with van der Waals surface area (Å²) in [5.41, 5.74) is 0.411. The number of benzene rings is 1. The number of methoxy groups -OCH3 is 1. The summed E-state index contributed by atoms with van der Waals surface area (Å²) < 4.78 is 34.2. The van der Waals surface area contributed by atoms with E-state index in [1.807, 2.05) is 0 Å². The number of hydrogen-bond acceptors (Lipinski definition) is 9. The highest BCUT2D eigenvalue weighted by molar-refractivity contribution is 8.13. The van der Waals surface area contributed by atoms with Crippen molar-refractivity contribution >= 4 is 38.7 Å². The molecule has 0 spiro atoms. The summed E-state index contributed by atoms with van der Waals surface area (Å²) in [4.78, 5) is 37.3. The SMILES string of the molecule is CCSC(=O)Oc1[nH]nc(CC)c1C(=O)c1ccc(S(C)(=O)=O)c(C(=O)OC)c1C. The summed E-state index contributed by atoms with van der Waals surface area (Å²) in [7, 11) is -2.63. The van der Waals surface area contributed by atoms with Crippen LogP contribution in [0.15, 0.2) is 17.0 Å². The number of sulfone groups is 1. The maximum atomic E-state index is 13.3. The molecule has 0 unspecified atom stereocenters. The molecule has 0 atom stereocenters. The van der Waals surface area contributed by atoms with Crippen molar-refractivity contribution in [3.05, 3.63) is 40.1 Å². The monoisotopic (exact) mass is 454 g/mol. The van der Waals surface area contributed by atoms with Crippen LogP contribution in [0.25, 0.3) is 0 Å². The van der Waals surface area contributed by atoms with Gasteiger partial charge < -0.3 is 9.47 Å². The number of ketones is 1. The van der Waals surface area contributed by atoms with Gasteiger partial charge >= 0.3 is 11.3 Å². The molecule has 11 heteroatoms. The largest absolute Gasteiger partial charge is 0.465 e. The van der Waals surface area contributed by atoms with Crippen LogP contribution in [-0.2, 0) is 21.0 Å². The predicted octanol–water partition coefficient (Wildman–Crippen LogP) is 2.95. The average molecular weight is 455 g/mol. The van der Waals surface area contributed by atoms with Crippen LogP contribution in [0.1, 0.15) is 51.4 Å². The van der Waals surface area contributed by atoms with Crippen LogP contribution < -0.4 is 4.74 Å². The second-order valence-corrected chi connectivity index (χ2v) is 9.40. The van der Waals surface area contributed by atoms with Crippen LogP contribution in [0.2, 0.25) is 0 Å². The number of ether oxygens (including phenoxy) is 2. The van der Waals surface area contributed by atoms with Gasteiger partial charge in [-0.15, -0.1) is 0 Å². The molecular weight excluding hydrogens is 432 g/mol. The van der Waals surface area contributed by atoms with E-state index in [1.54, 1.807) is 13.8 Å². The van der Waals surface area contributed by atoms with Crippen molar-refractivity contribution in [2.45, 2.75) is 32.1 Å². The van der Waals surface area contributed by atoms with Gasteiger partial charge in [0.15, 0.2) is 9.84 Å². The minimum atomic E-state index is -3.75. The van der Waals surface area contributed by atoms with Crippen LogP contribution in [-0.4, -0.2) is 54.8 Å². The van der Waals surface area contributed by atoms with Gasteiger partial charge in [0.05, 0.1) is 23.3 Å². The van der Waals surface area contributed by atoms with Crippen molar-refractivity contribution in [3.8, 4) is 5.88 Å². The number of esters is 1. The standard InChI is InChI=1S/C19H22N2O7S2/c1-6-12-15(17(21-20-12)28-19(24)29-7-2)16(22)11-8-9-13(30(5,25)26)14(10(11)3)18(23)27-4/h8-9H,6-7H2,1-5H3,(H,20,21). The minimum Gasteiger partial charge on any atom is -0.465 e. The fourth-order valence-corrected chi connectivity index (χ4v) is 4.19. The normalized spacial score (nSPS) is 11.2. The van der Waals surface area contributed by atoms with E-state index in [-0.39, 0.29) is 33.0 Å². The third-order valence-corrected chi connectivity index (χ3v) is 6.02. The zero-order chi connectivity index (χ0) is 22.6. The summed E-state index contributed by atoms with van der Waals surface area (Å²) in [6.07, 6.45) is 1.34. The first-order chi connectivity index (χ1) is 14.1. The average Bonchev–Trinajstić information content (AvgIpc) is 3.08. The summed E-state index contributed by atoms with van der Waals surface area (Å²) in [5.74, 6) is -1.05. The molecule has 9 nitrogen and oxygen atoms in total. The van der Waals surface area contributed by atoms with E-state index in [0.717, 1.165) is 25.1 Å². The van der Waals surface area contributed by atoms with Crippen molar-refractivity contribution in [2.24, 2.45) is 0 Å². The van der Waals surface area contributed by atoms with E-state index in [4.69, 9.17) is 9.47 Å². The van der Waals surface area contributed by atoms with Crippen molar-refractivity contribution in [3.63, 3.8) is 0 Å². The Morgan fingerprint density at radius 2 is 1.83 bits per heavy atom. The van der Waals surface area contributed by atoms with E-state index < -0.39 is 26.9 Å². The highest BCUT2D eigenvalue weighted by Crippen LogP contribution is 2.30. The van der Waals surface area contributed by atoms with Gasteiger partial charge in [-0.3, -0.25) is 4.79 Å². The van der Waals surface area contributed by atoms with Gasteiger partial charge in [-0.2, -0.15) is 5.10 Å². The minimum absolute atomic E-state index is 0.0496. The van der Waals surface area contributed by atoms with Crippen molar-refractivity contribution in [1.29, 1.82) is 0 Å². The van der Waals surface area contributed by atoms with Gasteiger partial charge in [0.25, 0.3) is 0 Å². The quantitative estimate of drug-likeness (QED) is 0.495. The molecule has 0 saturated heterocycles.